The Morgan fingerprint density at radius 2 is 1.09 bits per heavy atom. The maximum atomic E-state index is 9.29. The van der Waals surface area contributed by atoms with Crippen LogP contribution in [0.1, 0.15) is 5.56 Å². The summed E-state index contributed by atoms with van der Waals surface area (Å²) in [6, 6.07) is 23.7. The lowest BCUT2D eigenvalue weighted by atomic mass is 10.2. The number of benzene rings is 2. The lowest BCUT2D eigenvalue weighted by Crippen LogP contribution is -2.45. The Hall–Kier alpha value is -4.81. The van der Waals surface area contributed by atoms with Crippen LogP contribution in [0.4, 0.5) is 34.1 Å². The highest BCUT2D eigenvalue weighted by Gasteiger charge is 2.22. The third kappa shape index (κ3) is 12.4. The van der Waals surface area contributed by atoms with E-state index in [-0.39, 0.29) is 6.61 Å². The van der Waals surface area contributed by atoms with Crippen LogP contribution in [0.5, 0.6) is 0 Å². The number of hydrogen-bond donors (Lipinski definition) is 3. The number of hydrogen-bond acceptors (Lipinski definition) is 21. The van der Waals surface area contributed by atoms with Crippen molar-refractivity contribution in [1.29, 1.82) is 0 Å². The van der Waals surface area contributed by atoms with Gasteiger partial charge in [-0.15, -0.1) is 22.7 Å². The molecule has 8 heterocycles. The Morgan fingerprint density at radius 1 is 0.585 bits per heavy atom. The van der Waals surface area contributed by atoms with E-state index >= 15 is 0 Å². The van der Waals surface area contributed by atoms with Gasteiger partial charge in [0.25, 0.3) is 0 Å². The molecule has 0 aliphatic carbocycles. The predicted molar refractivity (Wildman–Crippen MR) is 269 cm³/mol. The van der Waals surface area contributed by atoms with Gasteiger partial charge in [-0.1, -0.05) is 64.6 Å². The minimum Gasteiger partial charge on any atom is -0.392 e. The molecule has 0 amide bonds. The van der Waals surface area contributed by atoms with Gasteiger partial charge in [0.15, 0.2) is 20.6 Å². The molecule has 22 heteroatoms. The van der Waals surface area contributed by atoms with Crippen molar-refractivity contribution in [2.45, 2.75) is 26.7 Å². The number of halogens is 1. The zero-order chi connectivity index (χ0) is 44.5. The molecule has 3 N–H and O–H groups in total. The monoisotopic (exact) mass is 998 g/mol. The Balaban J connectivity index is 0.000000164. The Bertz CT molecular complexity index is 2760. The van der Waals surface area contributed by atoms with Gasteiger partial charge in [0.2, 0.25) is 23.8 Å². The highest BCUT2D eigenvalue weighted by Crippen LogP contribution is 2.36. The summed E-state index contributed by atoms with van der Waals surface area (Å²) in [5.41, 5.74) is 0.876. The first kappa shape index (κ1) is 45.4. The second-order valence-electron chi connectivity index (χ2n) is 14.8. The lowest BCUT2D eigenvalue weighted by molar-refractivity contribution is 0.282. The highest BCUT2D eigenvalue weighted by molar-refractivity contribution is 7.99. The smallest absolute Gasteiger partial charge is 0.234 e. The molecule has 0 atom stereocenters. The van der Waals surface area contributed by atoms with Crippen LogP contribution in [0, 0.1) is 0 Å². The third-order valence-corrected chi connectivity index (χ3v) is 16.0. The van der Waals surface area contributed by atoms with Crippen molar-refractivity contribution >= 4 is 115 Å². The molecule has 334 valence electrons. The molecular formula is C43H43ClN14OS6. The van der Waals surface area contributed by atoms with Crippen molar-refractivity contribution in [3.8, 4) is 19.5 Å². The molecule has 2 aliphatic heterocycles. The Labute approximate surface area is 406 Å². The number of aliphatic hydroxyl groups excluding tert-OH is 1. The molecule has 2 saturated heterocycles. The summed E-state index contributed by atoms with van der Waals surface area (Å²) in [5.74, 6) is 2.33. The van der Waals surface area contributed by atoms with Crippen LogP contribution in [0.15, 0.2) is 116 Å². The largest absolute Gasteiger partial charge is 0.392 e. The van der Waals surface area contributed by atoms with E-state index in [1.165, 1.54) is 33.3 Å². The van der Waals surface area contributed by atoms with Crippen LogP contribution in [0.25, 0.3) is 19.5 Å². The molecule has 2 aromatic carbocycles. The van der Waals surface area contributed by atoms with Crippen LogP contribution >= 0.6 is 80.5 Å². The van der Waals surface area contributed by atoms with Gasteiger partial charge in [0.1, 0.15) is 0 Å². The number of piperazine rings is 2. The summed E-state index contributed by atoms with van der Waals surface area (Å²) < 4.78 is 0. The number of nitrogens with one attached hydrogen (secondary N) is 2. The topological polar surface area (TPSA) is 160 Å². The van der Waals surface area contributed by atoms with Gasteiger partial charge < -0.3 is 24.7 Å². The van der Waals surface area contributed by atoms with Gasteiger partial charge in [0, 0.05) is 89.3 Å². The van der Waals surface area contributed by atoms with E-state index in [1.807, 2.05) is 73.1 Å². The van der Waals surface area contributed by atoms with Gasteiger partial charge in [0.05, 0.1) is 16.4 Å². The zero-order valence-electron chi connectivity index (χ0n) is 35.2. The van der Waals surface area contributed by atoms with E-state index in [2.05, 4.69) is 87.2 Å². The maximum Gasteiger partial charge on any atom is 0.234 e. The molecular weight excluding hydrogens is 956 g/mol. The second-order valence-corrected chi connectivity index (χ2v) is 21.3. The van der Waals surface area contributed by atoms with Gasteiger partial charge in [-0.05, 0) is 96.4 Å². The molecule has 15 nitrogen and oxygen atoms in total. The molecule has 6 aromatic heterocycles. The lowest BCUT2D eigenvalue weighted by Gasteiger charge is -2.32. The van der Waals surface area contributed by atoms with Crippen LogP contribution < -0.4 is 20.4 Å². The summed E-state index contributed by atoms with van der Waals surface area (Å²) in [7, 11) is 4.26. The summed E-state index contributed by atoms with van der Waals surface area (Å²) in [4.78, 5) is 52.9. The van der Waals surface area contributed by atoms with Gasteiger partial charge in [-0.2, -0.15) is 29.9 Å². The minimum absolute atomic E-state index is 0.0274. The first-order valence-corrected chi connectivity index (χ1v) is 25.9. The average Bonchev–Trinajstić information content (AvgIpc) is 4.17. The summed E-state index contributed by atoms with van der Waals surface area (Å²) >= 11 is 15.7. The van der Waals surface area contributed by atoms with E-state index in [1.54, 1.807) is 45.3 Å². The van der Waals surface area contributed by atoms with E-state index in [4.69, 9.17) is 31.5 Å². The molecule has 0 saturated carbocycles. The number of rotatable bonds is 13. The fourth-order valence-electron chi connectivity index (χ4n) is 6.52. The molecule has 0 spiro atoms. The number of aliphatic hydroxyl groups is 1. The van der Waals surface area contributed by atoms with E-state index in [0.717, 1.165) is 87.7 Å². The highest BCUT2D eigenvalue weighted by atomic mass is 35.5. The first-order chi connectivity index (χ1) is 31.8. The van der Waals surface area contributed by atoms with E-state index in [9.17, 15) is 5.11 Å². The van der Waals surface area contributed by atoms with Crippen LogP contribution in [0.2, 0.25) is 5.02 Å². The summed E-state index contributed by atoms with van der Waals surface area (Å²) in [6.07, 6.45) is 3.75. The van der Waals surface area contributed by atoms with Crippen LogP contribution in [-0.2, 0) is 6.61 Å². The fraction of sp³-hybridized carbons (Fsp3) is 0.256. The van der Waals surface area contributed by atoms with Gasteiger partial charge in [-0.3, -0.25) is 10.6 Å². The predicted octanol–water partition coefficient (Wildman–Crippen LogP) is 9.55. The van der Waals surface area contributed by atoms with Gasteiger partial charge >= 0.3 is 0 Å². The van der Waals surface area contributed by atoms with Crippen molar-refractivity contribution in [2.75, 3.05) is 86.9 Å². The molecule has 10 rings (SSSR count). The SMILES string of the molecule is CN1CCN(c2nc(Nc3ncc(-c4cccs4)s3)nc(Sc3ccc(CO)cc3)n2)CC1.CN1CCN(c2nc(Nc3ncc(-c4cccs4)s3)nc(Sc3cccc(Cl)c3)n2)CC1. The molecule has 0 unspecified atom stereocenters. The molecule has 65 heavy (non-hydrogen) atoms. The molecule has 8 aromatic rings. The number of thiophene rings is 2. The number of thiazole rings is 2. The number of aromatic nitrogens is 8. The maximum absolute atomic E-state index is 9.29. The van der Waals surface area contributed by atoms with Crippen molar-refractivity contribution in [3.05, 3.63) is 107 Å². The minimum atomic E-state index is 0.0274. The van der Waals surface area contributed by atoms with Crippen molar-refractivity contribution in [1.82, 2.24) is 49.7 Å². The average molecular weight is 1000 g/mol. The van der Waals surface area contributed by atoms with Crippen molar-refractivity contribution < 1.29 is 5.11 Å². The van der Waals surface area contributed by atoms with Crippen LogP contribution in [0.3, 0.4) is 0 Å². The second kappa shape index (κ2) is 21.7. The number of likely N-dealkylation sites (N-methyl/N-ethyl adjacent to an activating group) is 2. The fourth-order valence-corrected chi connectivity index (χ4v) is 11.6. The third-order valence-electron chi connectivity index (χ3n) is 10.1. The van der Waals surface area contributed by atoms with Crippen LogP contribution in [-0.4, -0.2) is 121 Å². The number of anilines is 6. The quantitative estimate of drug-likeness (QED) is 0.100. The summed E-state index contributed by atoms with van der Waals surface area (Å²) in [6.45, 7) is 7.40. The Morgan fingerprint density at radius 3 is 1.55 bits per heavy atom. The van der Waals surface area contributed by atoms with E-state index in [0.29, 0.717) is 39.1 Å². The molecule has 2 aliphatic rings. The summed E-state index contributed by atoms with van der Waals surface area (Å²) in [5, 5.41) is 23.4. The molecule has 0 bridgehead atoms. The van der Waals surface area contributed by atoms with E-state index < -0.39 is 0 Å². The Kier molecular flexibility index (Phi) is 15.1. The normalized spacial score (nSPS) is 14.6. The molecule has 0 radical (unpaired) electrons. The molecule has 2 fully saturated rings. The number of nitrogens with zero attached hydrogens (tertiary/aromatic N) is 12. The standard InChI is InChI=1S/C22H23N7OS3.C21H20ClN7S3/c1-28-8-10-29(11-9-28)20-24-19(25-21-23-13-18(33-21)17-3-2-12-31-17)26-22(27-20)32-16-6-4-15(14-30)5-7-16;1-28-7-9-29(10-8-28)19-24-18(25-20-23-13-17(32-20)16-6-3-11-30-16)26-21(27-19)31-15-5-2-4-14(22)12-15/h2-7,12-13,30H,8-11,14H2,1H3,(H,23,24,25,26,27);2-6,11-13H,7-10H2,1H3,(H,23,24,25,26,27). The van der Waals surface area contributed by atoms with Crippen molar-refractivity contribution in [3.63, 3.8) is 0 Å². The first-order valence-electron chi connectivity index (χ1n) is 20.5. The zero-order valence-corrected chi connectivity index (χ0v) is 40.9. The van der Waals surface area contributed by atoms with Gasteiger partial charge in [-0.25, -0.2) is 9.97 Å². The van der Waals surface area contributed by atoms with Crippen molar-refractivity contribution in [2.24, 2.45) is 0 Å².